The van der Waals surface area contributed by atoms with Crippen LogP contribution in [0.4, 0.5) is 0 Å². The summed E-state index contributed by atoms with van der Waals surface area (Å²) in [5.41, 5.74) is 11.3. The number of nitrogens with two attached hydrogens (primary N) is 1. The Labute approximate surface area is 103 Å². The van der Waals surface area contributed by atoms with Crippen LogP contribution in [0.1, 0.15) is 28.3 Å². The third kappa shape index (κ3) is 3.18. The normalized spacial score (nSPS) is 12.4. The molecule has 1 nitrogen and oxygen atoms in total. The second kappa shape index (κ2) is 5.15. The van der Waals surface area contributed by atoms with Gasteiger partial charge in [-0.05, 0) is 31.4 Å². The summed E-state index contributed by atoms with van der Waals surface area (Å²) in [4.78, 5) is 0. The van der Waals surface area contributed by atoms with Gasteiger partial charge in [0.2, 0.25) is 0 Å². The van der Waals surface area contributed by atoms with E-state index in [1.807, 2.05) is 0 Å². The first-order chi connectivity index (χ1) is 8.15. The van der Waals surface area contributed by atoms with Crippen LogP contribution < -0.4 is 5.73 Å². The molecule has 1 heteroatoms. The quantitative estimate of drug-likeness (QED) is 0.849. The molecule has 0 bridgehead atoms. The maximum absolute atomic E-state index is 6.23. The molecule has 2 aromatic carbocycles. The molecular weight excluding hydrogens is 206 g/mol. The molecule has 0 saturated heterocycles. The van der Waals surface area contributed by atoms with Gasteiger partial charge in [0.15, 0.2) is 0 Å². The molecule has 1 atom stereocenters. The molecule has 0 heterocycles. The molecule has 0 radical (unpaired) electrons. The molecule has 0 spiro atoms. The van der Waals surface area contributed by atoms with Crippen LogP contribution in [0.5, 0.6) is 0 Å². The lowest BCUT2D eigenvalue weighted by Crippen LogP contribution is -2.13. The maximum atomic E-state index is 6.23. The number of rotatable bonds is 3. The second-order valence-electron chi connectivity index (χ2n) is 4.71. The lowest BCUT2D eigenvalue weighted by atomic mass is 9.98. The minimum absolute atomic E-state index is 0.0809. The molecule has 0 saturated carbocycles. The van der Waals surface area contributed by atoms with Crippen molar-refractivity contribution in [2.75, 3.05) is 0 Å². The number of aryl methyl sites for hydroxylation is 2. The Morgan fingerprint density at radius 3 is 2.29 bits per heavy atom. The van der Waals surface area contributed by atoms with Crippen molar-refractivity contribution in [3.63, 3.8) is 0 Å². The Hall–Kier alpha value is -1.60. The molecule has 0 aliphatic carbocycles. The van der Waals surface area contributed by atoms with E-state index in [2.05, 4.69) is 62.4 Å². The fourth-order valence-corrected chi connectivity index (χ4v) is 2.02. The van der Waals surface area contributed by atoms with E-state index in [0.29, 0.717) is 0 Å². The van der Waals surface area contributed by atoms with Gasteiger partial charge in [-0.15, -0.1) is 0 Å². The van der Waals surface area contributed by atoms with E-state index in [4.69, 9.17) is 5.73 Å². The molecule has 2 aromatic rings. The van der Waals surface area contributed by atoms with Gasteiger partial charge in [0, 0.05) is 6.04 Å². The van der Waals surface area contributed by atoms with E-state index in [1.54, 1.807) is 0 Å². The largest absolute Gasteiger partial charge is 0.324 e. The summed E-state index contributed by atoms with van der Waals surface area (Å²) in [6.45, 7) is 4.21. The van der Waals surface area contributed by atoms with Gasteiger partial charge < -0.3 is 5.73 Å². The summed E-state index contributed by atoms with van der Waals surface area (Å²) in [6.07, 6.45) is 0.894. The van der Waals surface area contributed by atoms with Crippen LogP contribution in [-0.4, -0.2) is 0 Å². The van der Waals surface area contributed by atoms with Crippen molar-refractivity contribution in [2.24, 2.45) is 5.73 Å². The van der Waals surface area contributed by atoms with Crippen molar-refractivity contribution in [1.82, 2.24) is 0 Å². The Morgan fingerprint density at radius 1 is 0.941 bits per heavy atom. The van der Waals surface area contributed by atoms with Crippen LogP contribution in [0.15, 0.2) is 48.5 Å². The van der Waals surface area contributed by atoms with E-state index in [0.717, 1.165) is 6.42 Å². The minimum atomic E-state index is 0.0809. The highest BCUT2D eigenvalue weighted by Crippen LogP contribution is 2.17. The van der Waals surface area contributed by atoms with E-state index in [-0.39, 0.29) is 6.04 Å². The average molecular weight is 225 g/mol. The van der Waals surface area contributed by atoms with Gasteiger partial charge in [-0.3, -0.25) is 0 Å². The predicted molar refractivity (Wildman–Crippen MR) is 73.0 cm³/mol. The summed E-state index contributed by atoms with van der Waals surface area (Å²) in [6, 6.07) is 17.1. The van der Waals surface area contributed by atoms with Crippen LogP contribution in [0.3, 0.4) is 0 Å². The van der Waals surface area contributed by atoms with Crippen molar-refractivity contribution in [3.8, 4) is 0 Å². The zero-order chi connectivity index (χ0) is 12.3. The smallest absolute Gasteiger partial charge is 0.0335 e. The van der Waals surface area contributed by atoms with Gasteiger partial charge in [0.1, 0.15) is 0 Å². The summed E-state index contributed by atoms with van der Waals surface area (Å²) in [7, 11) is 0. The summed E-state index contributed by atoms with van der Waals surface area (Å²) in [5, 5.41) is 0. The standard InChI is InChI=1S/C16H19N/c1-12-6-8-15(9-7-12)16(17)11-14-5-3-4-13(2)10-14/h3-10,16H,11,17H2,1-2H3. The molecule has 2 rings (SSSR count). The monoisotopic (exact) mass is 225 g/mol. The SMILES string of the molecule is Cc1ccc(C(N)Cc2cccc(C)c2)cc1. The maximum Gasteiger partial charge on any atom is 0.0335 e. The second-order valence-corrected chi connectivity index (χ2v) is 4.71. The van der Waals surface area contributed by atoms with Gasteiger partial charge in [-0.25, -0.2) is 0 Å². The summed E-state index contributed by atoms with van der Waals surface area (Å²) < 4.78 is 0. The zero-order valence-electron chi connectivity index (χ0n) is 10.5. The van der Waals surface area contributed by atoms with E-state index in [1.165, 1.54) is 22.3 Å². The lowest BCUT2D eigenvalue weighted by Gasteiger charge is -2.12. The number of benzene rings is 2. The van der Waals surface area contributed by atoms with Crippen molar-refractivity contribution in [2.45, 2.75) is 26.3 Å². The topological polar surface area (TPSA) is 26.0 Å². The van der Waals surface area contributed by atoms with E-state index in [9.17, 15) is 0 Å². The molecule has 88 valence electrons. The highest BCUT2D eigenvalue weighted by Gasteiger charge is 2.06. The third-order valence-electron chi connectivity index (χ3n) is 3.04. The first kappa shape index (κ1) is 11.9. The molecule has 17 heavy (non-hydrogen) atoms. The van der Waals surface area contributed by atoms with Crippen molar-refractivity contribution < 1.29 is 0 Å². The molecule has 0 amide bonds. The molecule has 0 aromatic heterocycles. The minimum Gasteiger partial charge on any atom is -0.324 e. The van der Waals surface area contributed by atoms with Gasteiger partial charge in [-0.2, -0.15) is 0 Å². The van der Waals surface area contributed by atoms with Crippen molar-refractivity contribution >= 4 is 0 Å². The van der Waals surface area contributed by atoms with Gasteiger partial charge in [-0.1, -0.05) is 59.7 Å². The Bertz CT molecular complexity index is 485. The highest BCUT2D eigenvalue weighted by atomic mass is 14.6. The molecule has 0 fully saturated rings. The van der Waals surface area contributed by atoms with Gasteiger partial charge in [0.05, 0.1) is 0 Å². The van der Waals surface area contributed by atoms with Gasteiger partial charge >= 0.3 is 0 Å². The van der Waals surface area contributed by atoms with E-state index < -0.39 is 0 Å². The summed E-state index contributed by atoms with van der Waals surface area (Å²) >= 11 is 0. The van der Waals surface area contributed by atoms with Crippen LogP contribution in [-0.2, 0) is 6.42 Å². The zero-order valence-corrected chi connectivity index (χ0v) is 10.5. The summed E-state index contributed by atoms with van der Waals surface area (Å²) in [5.74, 6) is 0. The fraction of sp³-hybridized carbons (Fsp3) is 0.250. The van der Waals surface area contributed by atoms with Crippen LogP contribution in [0, 0.1) is 13.8 Å². The van der Waals surface area contributed by atoms with Crippen molar-refractivity contribution in [1.29, 1.82) is 0 Å². The Kier molecular flexibility index (Phi) is 3.60. The first-order valence-electron chi connectivity index (χ1n) is 6.03. The third-order valence-corrected chi connectivity index (χ3v) is 3.04. The molecular formula is C16H19N. The van der Waals surface area contributed by atoms with Crippen LogP contribution in [0.2, 0.25) is 0 Å². The first-order valence-corrected chi connectivity index (χ1v) is 6.03. The molecule has 0 aliphatic rings. The molecule has 1 unspecified atom stereocenters. The van der Waals surface area contributed by atoms with Crippen LogP contribution >= 0.6 is 0 Å². The molecule has 2 N–H and O–H groups in total. The van der Waals surface area contributed by atoms with Crippen molar-refractivity contribution in [3.05, 3.63) is 70.8 Å². The Balaban J connectivity index is 2.11. The van der Waals surface area contributed by atoms with Crippen LogP contribution in [0.25, 0.3) is 0 Å². The fourth-order valence-electron chi connectivity index (χ4n) is 2.02. The molecule has 0 aliphatic heterocycles. The lowest BCUT2D eigenvalue weighted by molar-refractivity contribution is 0.721. The van der Waals surface area contributed by atoms with E-state index >= 15 is 0 Å². The predicted octanol–water partition coefficient (Wildman–Crippen LogP) is 3.55. The highest BCUT2D eigenvalue weighted by molar-refractivity contribution is 5.28. The Morgan fingerprint density at radius 2 is 1.65 bits per heavy atom. The number of hydrogen-bond donors (Lipinski definition) is 1. The average Bonchev–Trinajstić information content (AvgIpc) is 2.29. The van der Waals surface area contributed by atoms with Gasteiger partial charge in [0.25, 0.3) is 0 Å². The number of hydrogen-bond acceptors (Lipinski definition) is 1.